The minimum Gasteiger partial charge on any atom is -0.362 e. The molecule has 0 aromatic heterocycles. The van der Waals surface area contributed by atoms with Crippen LogP contribution in [0.15, 0.2) is 42.5 Å². The second kappa shape index (κ2) is 10.0. The highest BCUT2D eigenvalue weighted by molar-refractivity contribution is 5.96. The van der Waals surface area contributed by atoms with Crippen molar-refractivity contribution >= 4 is 23.2 Å². The smallest absolute Gasteiger partial charge is 0.293 e. The van der Waals surface area contributed by atoms with Crippen molar-refractivity contribution < 1.29 is 14.5 Å². The zero-order chi connectivity index (χ0) is 25.2. The van der Waals surface area contributed by atoms with Crippen LogP contribution in [0.1, 0.15) is 47.1 Å². The van der Waals surface area contributed by atoms with Crippen molar-refractivity contribution in [1.29, 1.82) is 0 Å². The lowest BCUT2D eigenvalue weighted by molar-refractivity contribution is -0.384. The van der Waals surface area contributed by atoms with Crippen molar-refractivity contribution in [3.05, 3.63) is 69.3 Å². The summed E-state index contributed by atoms with van der Waals surface area (Å²) in [5, 5.41) is 15.0. The Morgan fingerprint density at radius 1 is 0.829 bits per heavy atom. The predicted octanol–water partition coefficient (Wildman–Crippen LogP) is 2.90. The molecular formula is C26H33N5O4. The van der Waals surface area contributed by atoms with Gasteiger partial charge >= 0.3 is 0 Å². The summed E-state index contributed by atoms with van der Waals surface area (Å²) in [6.07, 6.45) is 0. The molecule has 2 fully saturated rings. The fourth-order valence-electron chi connectivity index (χ4n) is 4.57. The van der Waals surface area contributed by atoms with Gasteiger partial charge < -0.3 is 20.0 Å². The van der Waals surface area contributed by atoms with Crippen LogP contribution in [-0.2, 0) is 5.41 Å². The van der Waals surface area contributed by atoms with E-state index in [-0.39, 0.29) is 22.9 Å². The highest BCUT2D eigenvalue weighted by Crippen LogP contribution is 2.31. The molecule has 2 aliphatic rings. The third kappa shape index (κ3) is 5.45. The van der Waals surface area contributed by atoms with Crippen molar-refractivity contribution in [2.45, 2.75) is 26.2 Å². The summed E-state index contributed by atoms with van der Waals surface area (Å²) in [5.41, 5.74) is 2.57. The largest absolute Gasteiger partial charge is 0.362 e. The molecule has 9 heteroatoms. The summed E-state index contributed by atoms with van der Waals surface area (Å²) in [6.45, 7) is 10.9. The molecule has 2 saturated heterocycles. The first kappa shape index (κ1) is 24.7. The van der Waals surface area contributed by atoms with E-state index in [9.17, 15) is 19.7 Å². The molecule has 1 N–H and O–H groups in total. The van der Waals surface area contributed by atoms with Crippen LogP contribution < -0.4 is 10.2 Å². The lowest BCUT2D eigenvalue weighted by Gasteiger charge is -2.36. The van der Waals surface area contributed by atoms with Gasteiger partial charge in [-0.3, -0.25) is 19.7 Å². The third-order valence-electron chi connectivity index (χ3n) is 6.73. The fraction of sp³-hybridized carbons (Fsp3) is 0.462. The van der Waals surface area contributed by atoms with Gasteiger partial charge in [-0.05, 0) is 35.2 Å². The Morgan fingerprint density at radius 2 is 1.37 bits per heavy atom. The summed E-state index contributed by atoms with van der Waals surface area (Å²) in [4.78, 5) is 42.7. The Morgan fingerprint density at radius 3 is 1.94 bits per heavy atom. The zero-order valence-corrected chi connectivity index (χ0v) is 20.6. The van der Waals surface area contributed by atoms with Crippen molar-refractivity contribution in [3.8, 4) is 0 Å². The molecule has 2 heterocycles. The highest BCUT2D eigenvalue weighted by atomic mass is 16.6. The Balaban J connectivity index is 1.44. The minimum absolute atomic E-state index is 0.0209. The number of hydrogen-bond donors (Lipinski definition) is 1. The summed E-state index contributed by atoms with van der Waals surface area (Å²) in [5.74, 6) is -0.217. The van der Waals surface area contributed by atoms with E-state index in [4.69, 9.17) is 0 Å². The SMILES string of the molecule is CC(C)(C)c1ccc(C(=O)N2CCN(c3ccc(C(=O)N4CCNCC4)cc3[N+](=O)[O-])CC2)cc1. The molecule has 186 valence electrons. The molecule has 0 radical (unpaired) electrons. The maximum absolute atomic E-state index is 13.0. The molecule has 4 rings (SSSR count). The lowest BCUT2D eigenvalue weighted by atomic mass is 9.86. The fourth-order valence-corrected chi connectivity index (χ4v) is 4.57. The number of nitro benzene ring substituents is 1. The van der Waals surface area contributed by atoms with E-state index in [1.165, 1.54) is 11.6 Å². The van der Waals surface area contributed by atoms with E-state index in [1.807, 2.05) is 29.2 Å². The molecule has 0 aliphatic carbocycles. The van der Waals surface area contributed by atoms with E-state index in [2.05, 4.69) is 26.1 Å². The molecule has 0 unspecified atom stereocenters. The first-order chi connectivity index (χ1) is 16.6. The lowest BCUT2D eigenvalue weighted by Crippen LogP contribution is -2.49. The van der Waals surface area contributed by atoms with E-state index in [0.29, 0.717) is 56.1 Å². The normalized spacial score (nSPS) is 16.8. The number of anilines is 1. The number of carbonyl (C=O) groups is 2. The average Bonchev–Trinajstić information content (AvgIpc) is 2.87. The Labute approximate surface area is 205 Å². The molecule has 0 spiro atoms. The van der Waals surface area contributed by atoms with E-state index in [0.717, 1.165) is 13.1 Å². The second-order valence-corrected chi connectivity index (χ2v) is 10.1. The molecule has 2 aromatic carbocycles. The maximum Gasteiger partial charge on any atom is 0.293 e. The number of nitrogens with one attached hydrogen (secondary N) is 1. The maximum atomic E-state index is 13.0. The standard InChI is InChI=1S/C26H33N5O4/c1-26(2,3)21-7-4-19(5-8-21)24(32)30-16-14-28(15-17-30)22-9-6-20(18-23(22)31(34)35)25(33)29-12-10-27-11-13-29/h4-9,18,27H,10-17H2,1-3H3. The van der Waals surface area contributed by atoms with Gasteiger partial charge in [-0.1, -0.05) is 32.9 Å². The van der Waals surface area contributed by atoms with Crippen LogP contribution in [0.5, 0.6) is 0 Å². The molecule has 35 heavy (non-hydrogen) atoms. The minimum atomic E-state index is -0.432. The van der Waals surface area contributed by atoms with Crippen molar-refractivity contribution in [2.24, 2.45) is 0 Å². The monoisotopic (exact) mass is 479 g/mol. The summed E-state index contributed by atoms with van der Waals surface area (Å²) < 4.78 is 0. The molecular weight excluding hydrogens is 446 g/mol. The summed E-state index contributed by atoms with van der Waals surface area (Å²) >= 11 is 0. The van der Waals surface area contributed by atoms with E-state index < -0.39 is 4.92 Å². The predicted molar refractivity (Wildman–Crippen MR) is 135 cm³/mol. The Bertz CT molecular complexity index is 1100. The second-order valence-electron chi connectivity index (χ2n) is 10.1. The molecule has 9 nitrogen and oxygen atoms in total. The first-order valence-corrected chi connectivity index (χ1v) is 12.1. The Kier molecular flexibility index (Phi) is 7.07. The first-order valence-electron chi connectivity index (χ1n) is 12.1. The van der Waals surface area contributed by atoms with Crippen molar-refractivity contribution in [1.82, 2.24) is 15.1 Å². The van der Waals surface area contributed by atoms with Crippen LogP contribution in [0.2, 0.25) is 0 Å². The topological polar surface area (TPSA) is 99.0 Å². The van der Waals surface area contributed by atoms with E-state index >= 15 is 0 Å². The molecule has 2 aliphatic heterocycles. The summed E-state index contributed by atoms with van der Waals surface area (Å²) in [7, 11) is 0. The van der Waals surface area contributed by atoms with Crippen LogP contribution in [0.4, 0.5) is 11.4 Å². The van der Waals surface area contributed by atoms with Crippen LogP contribution >= 0.6 is 0 Å². The van der Waals surface area contributed by atoms with Crippen LogP contribution in [0.3, 0.4) is 0 Å². The average molecular weight is 480 g/mol. The number of piperazine rings is 2. The third-order valence-corrected chi connectivity index (χ3v) is 6.73. The summed E-state index contributed by atoms with van der Waals surface area (Å²) in [6, 6.07) is 12.4. The van der Waals surface area contributed by atoms with Gasteiger partial charge in [-0.2, -0.15) is 0 Å². The van der Waals surface area contributed by atoms with Crippen molar-refractivity contribution in [2.75, 3.05) is 57.3 Å². The number of amides is 2. The van der Waals surface area contributed by atoms with Crippen molar-refractivity contribution in [3.63, 3.8) is 0 Å². The molecule has 2 aromatic rings. The number of nitrogens with zero attached hydrogens (tertiary/aromatic N) is 4. The van der Waals surface area contributed by atoms with Crippen LogP contribution in [0, 0.1) is 10.1 Å². The van der Waals surface area contributed by atoms with Gasteiger partial charge in [0, 0.05) is 69.6 Å². The zero-order valence-electron chi connectivity index (χ0n) is 20.6. The van der Waals surface area contributed by atoms with Gasteiger partial charge in [0.1, 0.15) is 5.69 Å². The van der Waals surface area contributed by atoms with Gasteiger partial charge in [0.25, 0.3) is 17.5 Å². The number of hydrogen-bond acceptors (Lipinski definition) is 6. The number of nitro groups is 1. The molecule has 2 amide bonds. The van der Waals surface area contributed by atoms with Gasteiger partial charge in [0.2, 0.25) is 0 Å². The van der Waals surface area contributed by atoms with E-state index in [1.54, 1.807) is 21.9 Å². The number of benzene rings is 2. The van der Waals surface area contributed by atoms with Crippen LogP contribution in [0.25, 0.3) is 0 Å². The van der Waals surface area contributed by atoms with Gasteiger partial charge in [0.05, 0.1) is 4.92 Å². The number of carbonyl (C=O) groups excluding carboxylic acids is 2. The van der Waals surface area contributed by atoms with Gasteiger partial charge in [-0.15, -0.1) is 0 Å². The number of rotatable bonds is 4. The quantitative estimate of drug-likeness (QED) is 0.535. The van der Waals surface area contributed by atoms with Gasteiger partial charge in [-0.25, -0.2) is 0 Å². The van der Waals surface area contributed by atoms with Crippen LogP contribution in [-0.4, -0.2) is 78.9 Å². The van der Waals surface area contributed by atoms with Gasteiger partial charge in [0.15, 0.2) is 0 Å². The Hall–Kier alpha value is -3.46. The molecule has 0 bridgehead atoms. The molecule has 0 saturated carbocycles. The molecule has 0 atom stereocenters. The highest BCUT2D eigenvalue weighted by Gasteiger charge is 2.28.